The van der Waals surface area contributed by atoms with E-state index in [2.05, 4.69) is 29.4 Å². The zero-order chi connectivity index (χ0) is 33.3. The number of carboxylic acid groups (broad SMARTS) is 1. The summed E-state index contributed by atoms with van der Waals surface area (Å²) in [7, 11) is 0. The molecule has 0 aliphatic rings. The maximum absolute atomic E-state index is 12.2. The molecule has 0 aliphatic carbocycles. The van der Waals surface area contributed by atoms with Crippen LogP contribution < -0.4 is 15.2 Å². The van der Waals surface area contributed by atoms with E-state index in [1.54, 1.807) is 6.20 Å². The number of nitrogens with one attached hydrogen (secondary N) is 2. The first-order valence-corrected chi connectivity index (χ1v) is 13.3. The summed E-state index contributed by atoms with van der Waals surface area (Å²) in [4.78, 5) is 26.8. The van der Waals surface area contributed by atoms with E-state index in [-0.39, 0.29) is 48.1 Å². The molecule has 5 rings (SSSR count). The molecule has 3 aromatic carbocycles. The van der Waals surface area contributed by atoms with Crippen molar-refractivity contribution in [1.82, 2.24) is 24.8 Å². The van der Waals surface area contributed by atoms with E-state index < -0.39 is 18.8 Å². The van der Waals surface area contributed by atoms with Gasteiger partial charge in [-0.1, -0.05) is 30.3 Å². The van der Waals surface area contributed by atoms with E-state index >= 15 is 0 Å². The molecule has 2 aromatic heterocycles. The quantitative estimate of drug-likeness (QED) is 0.114. The molecular weight excluding hydrogens is 702 g/mol. The van der Waals surface area contributed by atoms with Crippen molar-refractivity contribution in [2.45, 2.75) is 32.4 Å². The van der Waals surface area contributed by atoms with Gasteiger partial charge in [0.15, 0.2) is 0 Å². The number of nitrogens with two attached hydrogens (primary N) is 1. The van der Waals surface area contributed by atoms with Gasteiger partial charge in [0.2, 0.25) is 0 Å². The standard InChI is InChI=1S/C19H16F3N3O3.C11H10F3N3O.BrH/c20-19(21,22)28-15-8-6-14(7-9-15)16-10-23-17(24-16)12-25(18(26)27)11-13-4-2-1-3-5-13;12-11(13,14)18-8-3-1-7(2-4-8)9-6-16-10(5-15)17-9;/h1-10H,11-12H2,(H,23,24)(H,26,27);1-4,6H,5,15H2,(H,16,17);1H. The van der Waals surface area contributed by atoms with Gasteiger partial charge in [-0.15, -0.1) is 43.3 Å². The van der Waals surface area contributed by atoms with Crippen LogP contribution in [0.1, 0.15) is 17.2 Å². The predicted molar refractivity (Wildman–Crippen MR) is 163 cm³/mol. The Morgan fingerprint density at radius 2 is 1.17 bits per heavy atom. The molecule has 0 saturated heterocycles. The van der Waals surface area contributed by atoms with Crippen LogP contribution in [-0.2, 0) is 19.6 Å². The number of halogens is 7. The van der Waals surface area contributed by atoms with E-state index in [9.17, 15) is 36.2 Å². The molecule has 17 heteroatoms. The average molecular weight is 729 g/mol. The van der Waals surface area contributed by atoms with Crippen molar-refractivity contribution in [3.63, 3.8) is 0 Å². The fourth-order valence-electron chi connectivity index (χ4n) is 4.05. The molecule has 47 heavy (non-hydrogen) atoms. The van der Waals surface area contributed by atoms with E-state index in [0.717, 1.165) is 5.56 Å². The molecule has 5 aromatic rings. The van der Waals surface area contributed by atoms with Crippen LogP contribution in [-0.4, -0.2) is 48.8 Å². The first kappa shape index (κ1) is 36.4. The summed E-state index contributed by atoms with van der Waals surface area (Å²) in [6.07, 6.45) is -7.45. The summed E-state index contributed by atoms with van der Waals surface area (Å²) in [5, 5.41) is 9.42. The van der Waals surface area contributed by atoms with Crippen LogP contribution in [0, 0.1) is 0 Å². The lowest BCUT2D eigenvalue weighted by Crippen LogP contribution is -2.28. The van der Waals surface area contributed by atoms with Gasteiger partial charge in [0, 0.05) is 6.54 Å². The maximum Gasteiger partial charge on any atom is 0.573 e. The van der Waals surface area contributed by atoms with Crippen molar-refractivity contribution in [3.8, 4) is 34.0 Å². The van der Waals surface area contributed by atoms with E-state index in [1.165, 1.54) is 59.6 Å². The fraction of sp³-hybridized carbons (Fsp3) is 0.167. The number of rotatable bonds is 9. The largest absolute Gasteiger partial charge is 0.573 e. The van der Waals surface area contributed by atoms with Gasteiger partial charge in [0.1, 0.15) is 23.1 Å². The lowest BCUT2D eigenvalue weighted by molar-refractivity contribution is -0.275. The van der Waals surface area contributed by atoms with Gasteiger partial charge in [0.25, 0.3) is 0 Å². The minimum Gasteiger partial charge on any atom is -0.465 e. The van der Waals surface area contributed by atoms with Crippen molar-refractivity contribution < 1.29 is 45.7 Å². The molecular formula is C30H27BrF6N6O4. The summed E-state index contributed by atoms with van der Waals surface area (Å²) in [6.45, 7) is 0.518. The van der Waals surface area contributed by atoms with Crippen LogP contribution in [0.25, 0.3) is 22.5 Å². The number of alkyl halides is 6. The Hall–Kier alpha value is -5.03. The third kappa shape index (κ3) is 11.7. The molecule has 250 valence electrons. The number of H-pyrrole nitrogens is 2. The number of nitrogens with zero attached hydrogens (tertiary/aromatic N) is 3. The third-order valence-electron chi connectivity index (χ3n) is 6.08. The first-order chi connectivity index (χ1) is 21.8. The lowest BCUT2D eigenvalue weighted by Gasteiger charge is -2.18. The normalized spacial score (nSPS) is 11.1. The Bertz CT molecular complexity index is 1700. The Labute approximate surface area is 274 Å². The second kappa shape index (κ2) is 16.0. The van der Waals surface area contributed by atoms with Crippen LogP contribution in [0.15, 0.2) is 91.3 Å². The fourth-order valence-corrected chi connectivity index (χ4v) is 4.05. The average Bonchev–Trinajstić information content (AvgIpc) is 3.67. The number of hydrogen-bond acceptors (Lipinski definition) is 6. The zero-order valence-corrected chi connectivity index (χ0v) is 25.8. The molecule has 5 N–H and O–H groups in total. The van der Waals surface area contributed by atoms with Gasteiger partial charge in [-0.2, -0.15) is 0 Å². The molecule has 0 saturated carbocycles. The highest BCUT2D eigenvalue weighted by Crippen LogP contribution is 2.27. The molecule has 10 nitrogen and oxygen atoms in total. The third-order valence-corrected chi connectivity index (χ3v) is 6.08. The molecule has 0 spiro atoms. The number of hydrogen-bond donors (Lipinski definition) is 4. The van der Waals surface area contributed by atoms with E-state index in [0.29, 0.717) is 34.2 Å². The molecule has 0 radical (unpaired) electrons. The molecule has 0 aliphatic heterocycles. The van der Waals surface area contributed by atoms with Crippen LogP contribution in [0.2, 0.25) is 0 Å². The zero-order valence-electron chi connectivity index (χ0n) is 24.0. The van der Waals surface area contributed by atoms with Gasteiger partial charge in [-0.3, -0.25) is 4.90 Å². The molecule has 0 unspecified atom stereocenters. The van der Waals surface area contributed by atoms with Crippen molar-refractivity contribution >= 4 is 23.1 Å². The monoisotopic (exact) mass is 728 g/mol. The smallest absolute Gasteiger partial charge is 0.465 e. The summed E-state index contributed by atoms with van der Waals surface area (Å²) >= 11 is 0. The van der Waals surface area contributed by atoms with Gasteiger partial charge in [0.05, 0.1) is 36.9 Å². The minimum absolute atomic E-state index is 0. The SMILES string of the molecule is Br.NCc1ncc(-c2ccc(OC(F)(F)F)cc2)[nH]1.O=C(O)N(Cc1ccccc1)Cc1ncc(-c2ccc(OC(F)(F)F)cc2)[nH]1. The number of amides is 1. The summed E-state index contributed by atoms with van der Waals surface area (Å²) in [6, 6.07) is 20.0. The summed E-state index contributed by atoms with van der Waals surface area (Å²) in [5.74, 6) is 0.449. The van der Waals surface area contributed by atoms with Crippen molar-refractivity contribution in [1.29, 1.82) is 0 Å². The first-order valence-electron chi connectivity index (χ1n) is 13.3. The Morgan fingerprint density at radius 1 is 0.723 bits per heavy atom. The van der Waals surface area contributed by atoms with Gasteiger partial charge < -0.3 is 30.3 Å². The molecule has 0 bridgehead atoms. The lowest BCUT2D eigenvalue weighted by atomic mass is 10.2. The molecule has 2 heterocycles. The number of imidazole rings is 2. The number of aromatic amines is 2. The highest BCUT2D eigenvalue weighted by Gasteiger charge is 2.31. The molecule has 0 atom stereocenters. The topological polar surface area (TPSA) is 142 Å². The Morgan fingerprint density at radius 3 is 1.57 bits per heavy atom. The van der Waals surface area contributed by atoms with E-state index in [1.807, 2.05) is 30.3 Å². The van der Waals surface area contributed by atoms with Crippen LogP contribution in [0.4, 0.5) is 31.1 Å². The number of aromatic nitrogens is 4. The van der Waals surface area contributed by atoms with Crippen molar-refractivity contribution in [2.24, 2.45) is 5.73 Å². The van der Waals surface area contributed by atoms with Crippen LogP contribution >= 0.6 is 17.0 Å². The number of ether oxygens (including phenoxy) is 2. The maximum atomic E-state index is 12.2. The number of carbonyl (C=O) groups is 1. The number of benzene rings is 3. The molecule has 0 fully saturated rings. The second-order valence-corrected chi connectivity index (χ2v) is 9.46. The highest BCUT2D eigenvalue weighted by molar-refractivity contribution is 8.93. The van der Waals surface area contributed by atoms with Crippen molar-refractivity contribution in [2.75, 3.05) is 0 Å². The highest BCUT2D eigenvalue weighted by atomic mass is 79.9. The van der Waals surface area contributed by atoms with Gasteiger partial charge in [-0.25, -0.2) is 14.8 Å². The summed E-state index contributed by atoms with van der Waals surface area (Å²) in [5.41, 5.74) is 8.78. The van der Waals surface area contributed by atoms with Gasteiger partial charge in [-0.05, 0) is 65.2 Å². The van der Waals surface area contributed by atoms with Gasteiger partial charge >= 0.3 is 18.8 Å². The second-order valence-electron chi connectivity index (χ2n) is 9.46. The van der Waals surface area contributed by atoms with Crippen molar-refractivity contribution in [3.05, 3.63) is 108 Å². The minimum atomic E-state index is -4.75. The van der Waals surface area contributed by atoms with Crippen LogP contribution in [0.5, 0.6) is 11.5 Å². The van der Waals surface area contributed by atoms with E-state index in [4.69, 9.17) is 5.73 Å². The Kier molecular flexibility index (Phi) is 12.4. The molecule has 1 amide bonds. The predicted octanol–water partition coefficient (Wildman–Crippen LogP) is 7.67. The van der Waals surface area contributed by atoms with Crippen LogP contribution in [0.3, 0.4) is 0 Å². The summed E-state index contributed by atoms with van der Waals surface area (Å²) < 4.78 is 80.2. The Balaban J connectivity index is 0.000000274.